The summed E-state index contributed by atoms with van der Waals surface area (Å²) in [4.78, 5) is 20.8. The largest absolute Gasteiger partial charge is 0.456 e. The SMILES string of the molecule is c1ccc(-n2c3ccccc3c3cccnc32)c(-c2nc(-c3cccc4oc5ccccc5c34)nc(-n3c4ccccc4c4ccccc43)n2)c1. The molecule has 0 unspecified atom stereocenters. The van der Waals surface area contributed by atoms with Crippen molar-refractivity contribution in [1.82, 2.24) is 29.1 Å². The van der Waals surface area contributed by atoms with Crippen molar-refractivity contribution < 1.29 is 4.42 Å². The van der Waals surface area contributed by atoms with Crippen molar-refractivity contribution in [3.05, 3.63) is 158 Å². The molecule has 0 saturated carbocycles. The number of hydrogen-bond acceptors (Lipinski definition) is 5. The first-order valence-electron chi connectivity index (χ1n) is 16.9. The third-order valence-electron chi connectivity index (χ3n) is 9.87. The van der Waals surface area contributed by atoms with Gasteiger partial charge in [-0.2, -0.15) is 9.97 Å². The van der Waals surface area contributed by atoms with Crippen molar-refractivity contribution in [2.24, 2.45) is 0 Å². The molecule has 0 aliphatic rings. The van der Waals surface area contributed by atoms with Crippen molar-refractivity contribution in [3.63, 3.8) is 0 Å². The van der Waals surface area contributed by atoms with Crippen molar-refractivity contribution in [2.75, 3.05) is 0 Å². The molecule has 0 spiro atoms. The third-order valence-corrected chi connectivity index (χ3v) is 9.87. The minimum atomic E-state index is 0.535. The molecule has 11 rings (SSSR count). The highest BCUT2D eigenvalue weighted by atomic mass is 16.3. The number of rotatable bonds is 4. The minimum Gasteiger partial charge on any atom is -0.456 e. The fraction of sp³-hybridized carbons (Fsp3) is 0. The minimum absolute atomic E-state index is 0.535. The van der Waals surface area contributed by atoms with E-state index in [4.69, 9.17) is 24.4 Å². The van der Waals surface area contributed by atoms with Gasteiger partial charge in [-0.15, -0.1) is 0 Å². The van der Waals surface area contributed by atoms with E-state index in [1.54, 1.807) is 0 Å². The Balaban J connectivity index is 1.25. The molecule has 5 aromatic heterocycles. The summed E-state index contributed by atoms with van der Waals surface area (Å²) in [5.41, 5.74) is 8.25. The van der Waals surface area contributed by atoms with Crippen LogP contribution in [0.3, 0.4) is 0 Å². The molecule has 0 fully saturated rings. The van der Waals surface area contributed by atoms with Gasteiger partial charge in [0.2, 0.25) is 5.95 Å². The molecular formula is C44H26N6O. The van der Waals surface area contributed by atoms with Crippen molar-refractivity contribution in [1.29, 1.82) is 0 Å². The Hall–Kier alpha value is -7.12. The van der Waals surface area contributed by atoms with Gasteiger partial charge in [0.25, 0.3) is 0 Å². The lowest BCUT2D eigenvalue weighted by molar-refractivity contribution is 0.669. The van der Waals surface area contributed by atoms with Gasteiger partial charge in [-0.1, -0.05) is 97.1 Å². The number of fused-ring (bicyclic) bond motifs is 9. The summed E-state index contributed by atoms with van der Waals surface area (Å²) in [6, 6.07) is 51.8. The molecule has 0 N–H and O–H groups in total. The van der Waals surface area contributed by atoms with Crippen LogP contribution in [0.5, 0.6) is 0 Å². The van der Waals surface area contributed by atoms with E-state index in [-0.39, 0.29) is 0 Å². The van der Waals surface area contributed by atoms with Gasteiger partial charge in [-0.05, 0) is 54.6 Å². The second-order valence-corrected chi connectivity index (χ2v) is 12.7. The molecule has 0 radical (unpaired) electrons. The topological polar surface area (TPSA) is 74.6 Å². The number of pyridine rings is 1. The Morgan fingerprint density at radius 2 is 0.961 bits per heavy atom. The van der Waals surface area contributed by atoms with Gasteiger partial charge in [-0.3, -0.25) is 9.13 Å². The Bertz CT molecular complexity index is 3060. The van der Waals surface area contributed by atoms with Gasteiger partial charge in [0.15, 0.2) is 11.6 Å². The Kier molecular flexibility index (Phi) is 5.83. The van der Waals surface area contributed by atoms with E-state index in [2.05, 4.69) is 118 Å². The standard InChI is InChI=1S/C44H26N6O/c1-7-21-35-27(13-1)28-14-2-8-22-36(28)50(35)44-47-41(46-42(48-44)33-18-11-25-39-40(33)32-17-5-10-24-38(32)51-39)31-16-4-9-23-37(31)49-34-20-6-3-15-29(34)30-19-12-26-45-43(30)49/h1-26H. The molecule has 0 saturated heterocycles. The van der Waals surface area contributed by atoms with Gasteiger partial charge < -0.3 is 4.42 Å². The van der Waals surface area contributed by atoms with E-state index in [1.807, 2.05) is 48.7 Å². The molecule has 0 aliphatic heterocycles. The van der Waals surface area contributed by atoms with Crippen LogP contribution in [0.25, 0.3) is 100 Å². The molecule has 11 aromatic rings. The summed E-state index contributed by atoms with van der Waals surface area (Å²) < 4.78 is 10.7. The third kappa shape index (κ3) is 4.06. The molecule has 51 heavy (non-hydrogen) atoms. The zero-order valence-corrected chi connectivity index (χ0v) is 27.1. The van der Waals surface area contributed by atoms with Gasteiger partial charge in [0, 0.05) is 49.6 Å². The number of para-hydroxylation sites is 5. The van der Waals surface area contributed by atoms with Crippen molar-refractivity contribution in [2.45, 2.75) is 0 Å². The summed E-state index contributed by atoms with van der Waals surface area (Å²) >= 11 is 0. The van der Waals surface area contributed by atoms with Gasteiger partial charge >= 0.3 is 0 Å². The van der Waals surface area contributed by atoms with Crippen LogP contribution in [-0.2, 0) is 0 Å². The lowest BCUT2D eigenvalue weighted by atomic mass is 10.1. The first kappa shape index (κ1) is 27.8. The van der Waals surface area contributed by atoms with Crippen LogP contribution in [0.1, 0.15) is 0 Å². The molecule has 0 amide bonds. The quantitative estimate of drug-likeness (QED) is 0.189. The Morgan fingerprint density at radius 1 is 0.412 bits per heavy atom. The first-order chi connectivity index (χ1) is 25.3. The van der Waals surface area contributed by atoms with Crippen molar-refractivity contribution in [3.8, 4) is 34.4 Å². The van der Waals surface area contributed by atoms with Crippen molar-refractivity contribution >= 4 is 65.7 Å². The maximum absolute atomic E-state index is 6.31. The number of furan rings is 1. The molecule has 6 aromatic carbocycles. The summed E-state index contributed by atoms with van der Waals surface area (Å²) in [7, 11) is 0. The highest BCUT2D eigenvalue weighted by Gasteiger charge is 2.22. The molecular weight excluding hydrogens is 629 g/mol. The highest BCUT2D eigenvalue weighted by molar-refractivity contribution is 6.12. The van der Waals surface area contributed by atoms with Crippen LogP contribution in [0.15, 0.2) is 162 Å². The molecule has 7 nitrogen and oxygen atoms in total. The maximum Gasteiger partial charge on any atom is 0.238 e. The number of hydrogen-bond donors (Lipinski definition) is 0. The lowest BCUT2D eigenvalue weighted by Crippen LogP contribution is -2.08. The predicted octanol–water partition coefficient (Wildman–Crippen LogP) is 10.7. The fourth-order valence-electron chi connectivity index (χ4n) is 7.70. The average Bonchev–Trinajstić information content (AvgIpc) is 3.86. The summed E-state index contributed by atoms with van der Waals surface area (Å²) in [6.45, 7) is 0. The molecule has 0 aliphatic carbocycles. The van der Waals surface area contributed by atoms with E-state index < -0.39 is 0 Å². The molecule has 5 heterocycles. The normalized spacial score (nSPS) is 11.9. The zero-order valence-electron chi connectivity index (χ0n) is 27.1. The van der Waals surface area contributed by atoms with Gasteiger partial charge in [-0.25, -0.2) is 9.97 Å². The van der Waals surface area contributed by atoms with Gasteiger partial charge in [0.1, 0.15) is 16.8 Å². The predicted molar refractivity (Wildman–Crippen MR) is 204 cm³/mol. The van der Waals surface area contributed by atoms with Crippen LogP contribution in [0.4, 0.5) is 0 Å². The Morgan fingerprint density at radius 3 is 1.73 bits per heavy atom. The molecule has 238 valence electrons. The van der Waals surface area contributed by atoms with E-state index >= 15 is 0 Å². The lowest BCUT2D eigenvalue weighted by Gasteiger charge is -2.15. The van der Waals surface area contributed by atoms with Crippen LogP contribution >= 0.6 is 0 Å². The second-order valence-electron chi connectivity index (χ2n) is 12.7. The highest BCUT2D eigenvalue weighted by Crippen LogP contribution is 2.39. The molecule has 0 atom stereocenters. The van der Waals surface area contributed by atoms with Gasteiger partial charge in [0.05, 0.1) is 22.2 Å². The zero-order chi connectivity index (χ0) is 33.5. The monoisotopic (exact) mass is 654 g/mol. The fourth-order valence-corrected chi connectivity index (χ4v) is 7.70. The van der Waals surface area contributed by atoms with E-state index in [1.165, 1.54) is 0 Å². The molecule has 0 bridgehead atoms. The maximum atomic E-state index is 6.31. The van der Waals surface area contributed by atoms with E-state index in [9.17, 15) is 0 Å². The average molecular weight is 655 g/mol. The summed E-state index contributed by atoms with van der Waals surface area (Å²) in [6.07, 6.45) is 1.84. The summed E-state index contributed by atoms with van der Waals surface area (Å²) in [5, 5.41) is 6.48. The molecule has 7 heteroatoms. The van der Waals surface area contributed by atoms with Crippen LogP contribution in [0.2, 0.25) is 0 Å². The second kappa shape index (κ2) is 10.7. The van der Waals surface area contributed by atoms with Crippen LogP contribution in [-0.4, -0.2) is 29.1 Å². The van der Waals surface area contributed by atoms with E-state index in [0.29, 0.717) is 17.6 Å². The Labute approximate surface area is 290 Å². The number of nitrogens with zero attached hydrogens (tertiary/aromatic N) is 6. The smallest absolute Gasteiger partial charge is 0.238 e. The summed E-state index contributed by atoms with van der Waals surface area (Å²) in [5.74, 6) is 1.65. The van der Waals surface area contributed by atoms with Crippen LogP contribution in [0, 0.1) is 0 Å². The number of aromatic nitrogens is 6. The van der Waals surface area contributed by atoms with Crippen LogP contribution < -0.4 is 0 Å². The first-order valence-corrected chi connectivity index (χ1v) is 16.9. The van der Waals surface area contributed by atoms with E-state index in [0.717, 1.165) is 82.5 Å². The number of benzene rings is 6.